The van der Waals surface area contributed by atoms with E-state index in [2.05, 4.69) is 32.6 Å². The highest BCUT2D eigenvalue weighted by molar-refractivity contribution is 5.83. The van der Waals surface area contributed by atoms with E-state index in [1.54, 1.807) is 0 Å². The largest absolute Gasteiger partial charge is 0.388 e. The highest BCUT2D eigenvalue weighted by atomic mass is 16.3. The number of hydrogen-bond acceptors (Lipinski definition) is 3. The van der Waals surface area contributed by atoms with Gasteiger partial charge in [0.25, 0.3) is 0 Å². The van der Waals surface area contributed by atoms with Crippen molar-refractivity contribution in [2.75, 3.05) is 13.1 Å². The standard InChI is InChI=1S/C28H45NO2/c1-16-9-10-27(3)23-12-19-18(20(23)13-25(30)24(27)11-16)6-7-22-21(19)15-29-14-17(2)5-8-26(29)28(22,4)31/h16-24,26,31H,5-15H2,1-4H3/t16-,17-,18-,19+,20+,21+,22+,23+,24+,26+,27+,28-/m0/s1. The van der Waals surface area contributed by atoms with Crippen molar-refractivity contribution < 1.29 is 9.90 Å². The van der Waals surface area contributed by atoms with E-state index in [1.165, 1.54) is 58.0 Å². The summed E-state index contributed by atoms with van der Waals surface area (Å²) >= 11 is 0. The number of piperidine rings is 2. The molecule has 2 aliphatic heterocycles. The quantitative estimate of drug-likeness (QED) is 0.580. The van der Waals surface area contributed by atoms with Gasteiger partial charge in [0.15, 0.2) is 0 Å². The van der Waals surface area contributed by atoms with Crippen LogP contribution in [-0.2, 0) is 4.79 Å². The number of fused-ring (bicyclic) bond motifs is 8. The first-order valence-electron chi connectivity index (χ1n) is 13.7. The van der Waals surface area contributed by atoms with Crippen LogP contribution in [0.2, 0.25) is 0 Å². The third kappa shape index (κ3) is 2.94. The Morgan fingerprint density at radius 2 is 1.65 bits per heavy atom. The molecule has 4 aliphatic carbocycles. The van der Waals surface area contributed by atoms with Gasteiger partial charge in [-0.15, -0.1) is 0 Å². The molecule has 0 aromatic rings. The number of rotatable bonds is 0. The highest BCUT2D eigenvalue weighted by Crippen LogP contribution is 2.67. The minimum Gasteiger partial charge on any atom is -0.388 e. The molecule has 6 fully saturated rings. The van der Waals surface area contributed by atoms with Crippen molar-refractivity contribution in [2.24, 2.45) is 58.7 Å². The third-order valence-electron chi connectivity index (χ3n) is 12.1. The maximum Gasteiger partial charge on any atom is 0.136 e. The first kappa shape index (κ1) is 21.1. The Hall–Kier alpha value is -0.410. The lowest BCUT2D eigenvalue weighted by Crippen LogP contribution is -2.67. The predicted molar refractivity (Wildman–Crippen MR) is 123 cm³/mol. The van der Waals surface area contributed by atoms with Gasteiger partial charge in [0, 0.05) is 31.5 Å². The van der Waals surface area contributed by atoms with E-state index >= 15 is 0 Å². The monoisotopic (exact) mass is 427 g/mol. The number of nitrogens with zero attached hydrogens (tertiary/aromatic N) is 1. The molecule has 0 spiro atoms. The summed E-state index contributed by atoms with van der Waals surface area (Å²) in [5.41, 5.74) is -0.289. The fourth-order valence-electron chi connectivity index (χ4n) is 10.6. The molecule has 4 saturated carbocycles. The van der Waals surface area contributed by atoms with Gasteiger partial charge in [0.2, 0.25) is 0 Å². The van der Waals surface area contributed by atoms with Crippen LogP contribution in [0.15, 0.2) is 0 Å². The predicted octanol–water partition coefficient (Wildman–Crippen LogP) is 5.16. The summed E-state index contributed by atoms with van der Waals surface area (Å²) in [6.07, 6.45) is 10.8. The Kier molecular flexibility index (Phi) is 4.81. The minimum atomic E-state index is -0.537. The molecule has 31 heavy (non-hydrogen) atoms. The average Bonchev–Trinajstić information content (AvgIpc) is 3.09. The van der Waals surface area contributed by atoms with Crippen molar-refractivity contribution in [1.82, 2.24) is 4.90 Å². The molecule has 6 aliphatic rings. The van der Waals surface area contributed by atoms with Crippen LogP contribution >= 0.6 is 0 Å². The van der Waals surface area contributed by atoms with Crippen LogP contribution in [-0.4, -0.2) is 40.5 Å². The summed E-state index contributed by atoms with van der Waals surface area (Å²) in [6.45, 7) is 11.8. The summed E-state index contributed by atoms with van der Waals surface area (Å²) in [6, 6.07) is 0.369. The fraction of sp³-hybridized carbons (Fsp3) is 0.964. The highest BCUT2D eigenvalue weighted by Gasteiger charge is 2.64. The van der Waals surface area contributed by atoms with Crippen molar-refractivity contribution in [1.29, 1.82) is 0 Å². The molecule has 0 bridgehead atoms. The second-order valence-electron chi connectivity index (χ2n) is 13.7. The van der Waals surface area contributed by atoms with Crippen LogP contribution < -0.4 is 0 Å². The number of ketones is 1. The average molecular weight is 428 g/mol. The molecule has 6 rings (SSSR count). The Morgan fingerprint density at radius 3 is 2.45 bits per heavy atom. The molecular formula is C28H45NO2. The first-order valence-corrected chi connectivity index (χ1v) is 13.7. The molecule has 2 heterocycles. The van der Waals surface area contributed by atoms with Gasteiger partial charge < -0.3 is 5.11 Å². The number of Topliss-reactive ketones (excluding diaryl/α,β-unsaturated/α-hetero) is 1. The zero-order valence-electron chi connectivity index (χ0n) is 20.4. The maximum atomic E-state index is 13.4. The van der Waals surface area contributed by atoms with Gasteiger partial charge in [-0.3, -0.25) is 9.69 Å². The summed E-state index contributed by atoms with van der Waals surface area (Å²) in [7, 11) is 0. The molecule has 0 aromatic carbocycles. The molecule has 3 nitrogen and oxygen atoms in total. The van der Waals surface area contributed by atoms with Crippen molar-refractivity contribution >= 4 is 5.78 Å². The Bertz CT molecular complexity index is 747. The molecule has 0 unspecified atom stereocenters. The molecule has 2 saturated heterocycles. The lowest BCUT2D eigenvalue weighted by Gasteiger charge is -2.59. The SMILES string of the molecule is C[C@H]1CC[C@@]2(C)[C@H](C1)C(=O)C[C@@H]1[C@H]3CC[C@@H]4[C@H](CN5C[C@@H](C)CC[C@@H]5[C@@]4(C)O)[C@@H]3C[C@H]12. The number of hydrogen-bond donors (Lipinski definition) is 1. The van der Waals surface area contributed by atoms with Crippen molar-refractivity contribution in [3.63, 3.8) is 0 Å². The molecule has 12 atom stereocenters. The molecule has 0 amide bonds. The Labute approximate surface area is 189 Å². The van der Waals surface area contributed by atoms with Gasteiger partial charge in [-0.1, -0.05) is 27.2 Å². The fourth-order valence-corrected chi connectivity index (χ4v) is 10.6. The van der Waals surface area contributed by atoms with Crippen molar-refractivity contribution in [3.05, 3.63) is 0 Å². The van der Waals surface area contributed by atoms with Gasteiger partial charge in [0.05, 0.1) is 5.60 Å². The minimum absolute atomic E-state index is 0.249. The molecule has 0 aromatic heterocycles. The molecular weight excluding hydrogens is 382 g/mol. The van der Waals surface area contributed by atoms with Gasteiger partial charge in [-0.2, -0.15) is 0 Å². The van der Waals surface area contributed by atoms with Crippen LogP contribution in [0.4, 0.5) is 0 Å². The topological polar surface area (TPSA) is 40.5 Å². The van der Waals surface area contributed by atoms with E-state index in [1.807, 2.05) is 0 Å². The summed E-state index contributed by atoms with van der Waals surface area (Å²) in [5, 5.41) is 11.8. The van der Waals surface area contributed by atoms with Crippen LogP contribution in [0.3, 0.4) is 0 Å². The molecule has 1 N–H and O–H groups in total. The summed E-state index contributed by atoms with van der Waals surface area (Å²) in [4.78, 5) is 16.1. The maximum absolute atomic E-state index is 13.4. The lowest BCUT2D eigenvalue weighted by atomic mass is 9.51. The van der Waals surface area contributed by atoms with Crippen molar-refractivity contribution in [2.45, 2.75) is 97.1 Å². The zero-order chi connectivity index (χ0) is 21.7. The van der Waals surface area contributed by atoms with Crippen molar-refractivity contribution in [3.8, 4) is 0 Å². The molecule has 174 valence electrons. The van der Waals surface area contributed by atoms with E-state index < -0.39 is 5.60 Å². The molecule has 0 radical (unpaired) electrons. The zero-order valence-corrected chi connectivity index (χ0v) is 20.4. The number of aliphatic hydroxyl groups is 1. The summed E-state index contributed by atoms with van der Waals surface area (Å²) < 4.78 is 0. The van der Waals surface area contributed by atoms with E-state index in [4.69, 9.17) is 0 Å². The summed E-state index contributed by atoms with van der Waals surface area (Å²) in [5.74, 6) is 6.39. The normalized spacial score (nSPS) is 59.2. The smallest absolute Gasteiger partial charge is 0.136 e. The van der Waals surface area contributed by atoms with E-state index in [0.29, 0.717) is 35.5 Å². The first-order chi connectivity index (χ1) is 14.7. The Morgan fingerprint density at radius 1 is 0.839 bits per heavy atom. The third-order valence-corrected chi connectivity index (χ3v) is 12.1. The van der Waals surface area contributed by atoms with Gasteiger partial charge in [0.1, 0.15) is 5.78 Å². The Balaban J connectivity index is 1.31. The van der Waals surface area contributed by atoms with E-state index in [-0.39, 0.29) is 5.41 Å². The van der Waals surface area contributed by atoms with Gasteiger partial charge in [-0.25, -0.2) is 0 Å². The lowest BCUT2D eigenvalue weighted by molar-refractivity contribution is -0.175. The van der Waals surface area contributed by atoms with Gasteiger partial charge in [-0.05, 0) is 105 Å². The molecule has 3 heteroatoms. The van der Waals surface area contributed by atoms with Crippen LogP contribution in [0.1, 0.15) is 85.5 Å². The van der Waals surface area contributed by atoms with Crippen LogP contribution in [0, 0.1) is 58.7 Å². The van der Waals surface area contributed by atoms with Crippen LogP contribution in [0.5, 0.6) is 0 Å². The second kappa shape index (κ2) is 7.05. The number of carbonyl (C=O) groups excluding carboxylic acids is 1. The number of carbonyl (C=O) groups is 1. The second-order valence-corrected chi connectivity index (χ2v) is 13.7. The van der Waals surface area contributed by atoms with Gasteiger partial charge >= 0.3 is 0 Å². The van der Waals surface area contributed by atoms with E-state index in [0.717, 1.165) is 42.4 Å². The van der Waals surface area contributed by atoms with E-state index in [9.17, 15) is 9.90 Å². The van der Waals surface area contributed by atoms with Crippen LogP contribution in [0.25, 0.3) is 0 Å².